The molecule has 4 heteroatoms. The van der Waals surface area contributed by atoms with Gasteiger partial charge < -0.3 is 9.64 Å². The van der Waals surface area contributed by atoms with E-state index in [1.807, 2.05) is 0 Å². The van der Waals surface area contributed by atoms with Gasteiger partial charge >= 0.3 is 0 Å². The molecule has 0 aromatic heterocycles. The average molecular weight is 186 g/mol. The molecule has 1 rings (SSSR count). The van der Waals surface area contributed by atoms with Gasteiger partial charge in [-0.25, -0.2) is 0 Å². The van der Waals surface area contributed by atoms with Crippen molar-refractivity contribution in [3.63, 3.8) is 0 Å². The van der Waals surface area contributed by atoms with Gasteiger partial charge in [0.1, 0.15) is 0 Å². The lowest BCUT2D eigenvalue weighted by molar-refractivity contribution is -0.127. The summed E-state index contributed by atoms with van der Waals surface area (Å²) in [6, 6.07) is 0. The molecule has 1 aliphatic rings. The smallest absolute Gasteiger partial charge is 0.237 e. The highest BCUT2D eigenvalue weighted by atomic mass is 16.5. The van der Waals surface area contributed by atoms with Gasteiger partial charge in [0.2, 0.25) is 5.91 Å². The largest absolute Gasteiger partial charge is 0.379 e. The Morgan fingerprint density at radius 2 is 2.38 bits per heavy atom. The zero-order valence-corrected chi connectivity index (χ0v) is 8.38. The van der Waals surface area contributed by atoms with Crippen LogP contribution in [0.4, 0.5) is 0 Å². The van der Waals surface area contributed by atoms with E-state index in [1.165, 1.54) is 0 Å². The summed E-state index contributed by atoms with van der Waals surface area (Å²) in [7, 11) is 0. The monoisotopic (exact) mass is 186 g/mol. The average Bonchev–Trinajstić information content (AvgIpc) is 2.45. The Morgan fingerprint density at radius 3 is 2.92 bits per heavy atom. The maximum atomic E-state index is 11.1. The molecule has 13 heavy (non-hydrogen) atoms. The first-order chi connectivity index (χ1) is 6.20. The summed E-state index contributed by atoms with van der Waals surface area (Å²) in [6.45, 7) is 7.50. The highest BCUT2D eigenvalue weighted by molar-refractivity contribution is 5.79. The van der Waals surface area contributed by atoms with Gasteiger partial charge in [-0.1, -0.05) is 13.8 Å². The fourth-order valence-electron chi connectivity index (χ4n) is 1.20. The SMILES string of the molecule is CC(C)COCCN1CNCC1=O. The topological polar surface area (TPSA) is 41.6 Å². The van der Waals surface area contributed by atoms with E-state index in [0.717, 1.165) is 6.61 Å². The third kappa shape index (κ3) is 3.74. The predicted octanol–water partition coefficient (Wildman–Crippen LogP) is 0.0483. The molecule has 0 bridgehead atoms. The highest BCUT2D eigenvalue weighted by Gasteiger charge is 2.18. The van der Waals surface area contributed by atoms with E-state index in [-0.39, 0.29) is 5.91 Å². The van der Waals surface area contributed by atoms with Gasteiger partial charge in [-0.2, -0.15) is 0 Å². The molecule has 0 unspecified atom stereocenters. The molecule has 0 saturated carbocycles. The van der Waals surface area contributed by atoms with Gasteiger partial charge in [-0.15, -0.1) is 0 Å². The summed E-state index contributed by atoms with van der Waals surface area (Å²) in [5.41, 5.74) is 0. The van der Waals surface area contributed by atoms with Crippen LogP contribution >= 0.6 is 0 Å². The molecular formula is C9H18N2O2. The molecule has 0 spiro atoms. The minimum absolute atomic E-state index is 0.174. The molecular weight excluding hydrogens is 168 g/mol. The maximum absolute atomic E-state index is 11.1. The fourth-order valence-corrected chi connectivity index (χ4v) is 1.20. The molecule has 0 atom stereocenters. The number of amides is 1. The number of nitrogens with zero attached hydrogens (tertiary/aromatic N) is 1. The molecule has 0 aromatic rings. The third-order valence-electron chi connectivity index (χ3n) is 1.89. The van der Waals surface area contributed by atoms with Crippen LogP contribution in [0.2, 0.25) is 0 Å². The molecule has 76 valence electrons. The Balaban J connectivity index is 2.02. The van der Waals surface area contributed by atoms with Crippen molar-refractivity contribution < 1.29 is 9.53 Å². The standard InChI is InChI=1S/C9H18N2O2/c1-8(2)6-13-4-3-11-7-10-5-9(11)12/h8,10H,3-7H2,1-2H3. The van der Waals surface area contributed by atoms with Crippen LogP contribution in [0.5, 0.6) is 0 Å². The second-order valence-corrected chi connectivity index (χ2v) is 3.71. The second kappa shape index (κ2) is 5.19. The number of carbonyl (C=O) groups is 1. The van der Waals surface area contributed by atoms with Crippen LogP contribution in [0, 0.1) is 5.92 Å². The van der Waals surface area contributed by atoms with Crippen LogP contribution in [-0.4, -0.2) is 43.8 Å². The molecule has 1 amide bonds. The molecule has 4 nitrogen and oxygen atoms in total. The molecule has 0 aromatic carbocycles. The summed E-state index contributed by atoms with van der Waals surface area (Å²) >= 11 is 0. The van der Waals surface area contributed by atoms with E-state index in [4.69, 9.17) is 4.74 Å². The maximum Gasteiger partial charge on any atom is 0.237 e. The summed E-state index contributed by atoms with van der Waals surface area (Å²) in [4.78, 5) is 12.9. The van der Waals surface area contributed by atoms with Crippen LogP contribution in [0.15, 0.2) is 0 Å². The van der Waals surface area contributed by atoms with Gasteiger partial charge in [0.05, 0.1) is 19.8 Å². The van der Waals surface area contributed by atoms with Crippen molar-refractivity contribution in [1.82, 2.24) is 10.2 Å². The van der Waals surface area contributed by atoms with E-state index in [2.05, 4.69) is 19.2 Å². The van der Waals surface area contributed by atoms with Crippen molar-refractivity contribution in [1.29, 1.82) is 0 Å². The Morgan fingerprint density at radius 1 is 1.62 bits per heavy atom. The predicted molar refractivity (Wildman–Crippen MR) is 50.2 cm³/mol. The molecule has 1 N–H and O–H groups in total. The Hall–Kier alpha value is -0.610. The van der Waals surface area contributed by atoms with E-state index in [9.17, 15) is 4.79 Å². The quantitative estimate of drug-likeness (QED) is 0.617. The van der Waals surface area contributed by atoms with Crippen molar-refractivity contribution >= 4 is 5.91 Å². The Kier molecular flexibility index (Phi) is 4.18. The summed E-state index contributed by atoms with van der Waals surface area (Å²) < 4.78 is 5.38. The van der Waals surface area contributed by atoms with Crippen LogP contribution in [0.3, 0.4) is 0 Å². The normalized spacial score (nSPS) is 17.5. The zero-order valence-electron chi connectivity index (χ0n) is 8.38. The zero-order chi connectivity index (χ0) is 9.68. The Labute approximate surface area is 79.2 Å². The van der Waals surface area contributed by atoms with E-state index in [0.29, 0.717) is 32.3 Å². The molecule has 0 aliphatic carbocycles. The highest BCUT2D eigenvalue weighted by Crippen LogP contribution is 1.96. The molecule has 1 heterocycles. The van der Waals surface area contributed by atoms with E-state index >= 15 is 0 Å². The minimum Gasteiger partial charge on any atom is -0.379 e. The first-order valence-electron chi connectivity index (χ1n) is 4.76. The van der Waals surface area contributed by atoms with Crippen molar-refractivity contribution in [3.8, 4) is 0 Å². The lowest BCUT2D eigenvalue weighted by Gasteiger charge is -2.14. The van der Waals surface area contributed by atoms with Crippen molar-refractivity contribution in [3.05, 3.63) is 0 Å². The first kappa shape index (κ1) is 10.5. The van der Waals surface area contributed by atoms with Gasteiger partial charge in [0, 0.05) is 13.2 Å². The summed E-state index contributed by atoms with van der Waals surface area (Å²) in [5.74, 6) is 0.737. The van der Waals surface area contributed by atoms with Gasteiger partial charge in [0.15, 0.2) is 0 Å². The van der Waals surface area contributed by atoms with Gasteiger partial charge in [-0.05, 0) is 5.92 Å². The summed E-state index contributed by atoms with van der Waals surface area (Å²) in [6.07, 6.45) is 0. The number of carbonyl (C=O) groups excluding carboxylic acids is 1. The number of hydrogen-bond acceptors (Lipinski definition) is 3. The molecule has 1 fully saturated rings. The van der Waals surface area contributed by atoms with Crippen LogP contribution < -0.4 is 5.32 Å². The lowest BCUT2D eigenvalue weighted by Crippen LogP contribution is -2.30. The van der Waals surface area contributed by atoms with E-state index in [1.54, 1.807) is 4.90 Å². The second-order valence-electron chi connectivity index (χ2n) is 3.71. The van der Waals surface area contributed by atoms with Crippen LogP contribution in [0.1, 0.15) is 13.8 Å². The first-order valence-corrected chi connectivity index (χ1v) is 4.76. The van der Waals surface area contributed by atoms with Crippen molar-refractivity contribution in [2.45, 2.75) is 13.8 Å². The van der Waals surface area contributed by atoms with Gasteiger partial charge in [0.25, 0.3) is 0 Å². The molecule has 0 radical (unpaired) electrons. The number of hydrogen-bond donors (Lipinski definition) is 1. The van der Waals surface area contributed by atoms with Crippen LogP contribution in [-0.2, 0) is 9.53 Å². The lowest BCUT2D eigenvalue weighted by atomic mass is 10.2. The molecule has 1 aliphatic heterocycles. The van der Waals surface area contributed by atoms with Crippen molar-refractivity contribution in [2.75, 3.05) is 33.0 Å². The van der Waals surface area contributed by atoms with E-state index < -0.39 is 0 Å². The summed E-state index contributed by atoms with van der Waals surface area (Å²) in [5, 5.41) is 2.99. The number of ether oxygens (including phenoxy) is 1. The third-order valence-corrected chi connectivity index (χ3v) is 1.89. The van der Waals surface area contributed by atoms with Gasteiger partial charge in [-0.3, -0.25) is 10.1 Å². The van der Waals surface area contributed by atoms with Crippen LogP contribution in [0.25, 0.3) is 0 Å². The van der Waals surface area contributed by atoms with Crippen molar-refractivity contribution in [2.24, 2.45) is 5.92 Å². The Bertz CT molecular complexity index is 171. The number of rotatable bonds is 5. The molecule has 1 saturated heterocycles. The fraction of sp³-hybridized carbons (Fsp3) is 0.889. The number of nitrogens with one attached hydrogen (secondary N) is 1. The minimum atomic E-state index is 0.174.